The van der Waals surface area contributed by atoms with Crippen molar-refractivity contribution in [1.82, 2.24) is 5.32 Å². The number of halogens is 1. The van der Waals surface area contributed by atoms with Crippen LogP contribution in [-0.2, 0) is 9.59 Å². The Balaban J connectivity index is 1.45. The van der Waals surface area contributed by atoms with Gasteiger partial charge >= 0.3 is 0 Å². The van der Waals surface area contributed by atoms with Crippen molar-refractivity contribution in [3.63, 3.8) is 0 Å². The van der Waals surface area contributed by atoms with Gasteiger partial charge in [-0.3, -0.25) is 14.4 Å². The van der Waals surface area contributed by atoms with Gasteiger partial charge in [0.2, 0.25) is 5.91 Å². The van der Waals surface area contributed by atoms with Gasteiger partial charge in [0, 0.05) is 16.1 Å². The van der Waals surface area contributed by atoms with Crippen LogP contribution in [0.15, 0.2) is 106 Å². The van der Waals surface area contributed by atoms with Crippen LogP contribution in [0.25, 0.3) is 6.08 Å². The molecule has 3 amide bonds. The highest BCUT2D eigenvalue weighted by atomic mass is 32.2. The molecular formula is C29H24FN3O3S2. The number of carbonyl (C=O) groups is 3. The molecule has 0 spiro atoms. The molecule has 0 aliphatic rings. The fourth-order valence-electron chi connectivity index (χ4n) is 3.37. The molecular weight excluding hydrogens is 521 g/mol. The summed E-state index contributed by atoms with van der Waals surface area (Å²) in [5.41, 5.74) is 1.92. The van der Waals surface area contributed by atoms with Crippen molar-refractivity contribution in [1.29, 1.82) is 0 Å². The van der Waals surface area contributed by atoms with Crippen molar-refractivity contribution >= 4 is 58.3 Å². The maximum atomic E-state index is 13.9. The first-order valence-electron chi connectivity index (χ1n) is 11.6. The van der Waals surface area contributed by atoms with Gasteiger partial charge in [0.25, 0.3) is 11.8 Å². The fourth-order valence-corrected chi connectivity index (χ4v) is 4.91. The van der Waals surface area contributed by atoms with E-state index in [9.17, 15) is 18.8 Å². The monoisotopic (exact) mass is 545 g/mol. The number of rotatable bonds is 9. The summed E-state index contributed by atoms with van der Waals surface area (Å²) in [6, 6.07) is 23.5. The molecule has 192 valence electrons. The highest BCUT2D eigenvalue weighted by Gasteiger charge is 2.18. The van der Waals surface area contributed by atoms with Gasteiger partial charge in [0.1, 0.15) is 11.5 Å². The number of thioether (sulfide) groups is 1. The first kappa shape index (κ1) is 26.8. The standard InChI is InChI=1S/C29H24FN3O3S2/c1-19(27(34)32-25-13-6-5-12-24(25)30)38-23-11-7-10-22(17-23)31-29(36)26(16-20-14-15-37-18-20)33-28(35)21-8-3-2-4-9-21/h2-19H,1H3,(H,31,36)(H,32,34)(H,33,35)/b26-16-. The second-order valence-corrected chi connectivity index (χ2v) is 10.3. The number of benzene rings is 3. The molecule has 1 heterocycles. The van der Waals surface area contributed by atoms with Crippen molar-refractivity contribution in [2.45, 2.75) is 17.1 Å². The number of thiophene rings is 1. The quantitative estimate of drug-likeness (QED) is 0.167. The summed E-state index contributed by atoms with van der Waals surface area (Å²) in [6.45, 7) is 1.72. The highest BCUT2D eigenvalue weighted by Crippen LogP contribution is 2.27. The molecule has 1 aromatic heterocycles. The zero-order chi connectivity index (χ0) is 26.9. The maximum absolute atomic E-state index is 13.9. The number of hydrogen-bond donors (Lipinski definition) is 3. The van der Waals surface area contributed by atoms with Crippen LogP contribution in [0.3, 0.4) is 0 Å². The van der Waals surface area contributed by atoms with Gasteiger partial charge in [-0.1, -0.05) is 36.4 Å². The van der Waals surface area contributed by atoms with E-state index in [1.165, 1.54) is 35.2 Å². The third-order valence-corrected chi connectivity index (χ3v) is 7.08. The number of hydrogen-bond acceptors (Lipinski definition) is 5. The third kappa shape index (κ3) is 7.41. The van der Waals surface area contributed by atoms with Crippen molar-refractivity contribution in [2.24, 2.45) is 0 Å². The first-order chi connectivity index (χ1) is 18.4. The van der Waals surface area contributed by atoms with E-state index in [0.29, 0.717) is 11.3 Å². The second kappa shape index (κ2) is 12.8. The molecule has 1 atom stereocenters. The van der Waals surface area contributed by atoms with Crippen LogP contribution < -0.4 is 16.0 Å². The van der Waals surface area contributed by atoms with Gasteiger partial charge in [0.15, 0.2) is 0 Å². The zero-order valence-corrected chi connectivity index (χ0v) is 21.9. The van der Waals surface area contributed by atoms with Gasteiger partial charge in [0.05, 0.1) is 10.9 Å². The van der Waals surface area contributed by atoms with E-state index in [1.54, 1.807) is 73.7 Å². The summed E-state index contributed by atoms with van der Waals surface area (Å²) >= 11 is 2.75. The van der Waals surface area contributed by atoms with Gasteiger partial charge < -0.3 is 16.0 Å². The number of nitrogens with one attached hydrogen (secondary N) is 3. The fraction of sp³-hybridized carbons (Fsp3) is 0.0690. The molecule has 0 fully saturated rings. The molecule has 38 heavy (non-hydrogen) atoms. The molecule has 0 aliphatic carbocycles. The molecule has 3 N–H and O–H groups in total. The average molecular weight is 546 g/mol. The molecule has 0 aliphatic heterocycles. The smallest absolute Gasteiger partial charge is 0.272 e. The summed E-state index contributed by atoms with van der Waals surface area (Å²) in [7, 11) is 0. The lowest BCUT2D eigenvalue weighted by molar-refractivity contribution is -0.115. The lowest BCUT2D eigenvalue weighted by Gasteiger charge is -2.14. The molecule has 0 saturated heterocycles. The van der Waals surface area contributed by atoms with Crippen LogP contribution in [0.4, 0.5) is 15.8 Å². The number of carbonyl (C=O) groups excluding carboxylic acids is 3. The van der Waals surface area contributed by atoms with Gasteiger partial charge in [-0.2, -0.15) is 11.3 Å². The van der Waals surface area contributed by atoms with E-state index < -0.39 is 22.9 Å². The summed E-state index contributed by atoms with van der Waals surface area (Å²) < 4.78 is 13.9. The summed E-state index contributed by atoms with van der Waals surface area (Å²) in [6.07, 6.45) is 1.61. The average Bonchev–Trinajstić information content (AvgIpc) is 3.43. The second-order valence-electron chi connectivity index (χ2n) is 8.15. The molecule has 4 rings (SSSR count). The minimum Gasteiger partial charge on any atom is -0.323 e. The molecule has 3 aromatic carbocycles. The topological polar surface area (TPSA) is 87.3 Å². The molecule has 0 bridgehead atoms. The Morgan fingerprint density at radius 3 is 2.42 bits per heavy atom. The van der Waals surface area contributed by atoms with E-state index in [0.717, 1.165) is 10.5 Å². The van der Waals surface area contributed by atoms with Gasteiger partial charge in [-0.05, 0) is 77.9 Å². The van der Waals surface area contributed by atoms with Crippen LogP contribution in [-0.4, -0.2) is 23.0 Å². The Kier molecular flexibility index (Phi) is 9.07. The largest absolute Gasteiger partial charge is 0.323 e. The Morgan fingerprint density at radius 2 is 1.68 bits per heavy atom. The minimum atomic E-state index is -0.528. The number of anilines is 2. The Hall–Kier alpha value is -4.21. The molecule has 0 saturated carbocycles. The van der Waals surface area contributed by atoms with Gasteiger partial charge in [-0.25, -0.2) is 4.39 Å². The SMILES string of the molecule is CC(Sc1cccc(NC(=O)/C(=C/c2ccsc2)NC(=O)c2ccccc2)c1)C(=O)Nc1ccccc1F. The Bertz CT molecular complexity index is 1460. The van der Waals surface area contributed by atoms with E-state index in [2.05, 4.69) is 16.0 Å². The summed E-state index contributed by atoms with van der Waals surface area (Å²) in [4.78, 5) is 39.2. The van der Waals surface area contributed by atoms with Crippen molar-refractivity contribution in [2.75, 3.05) is 10.6 Å². The van der Waals surface area contributed by atoms with Crippen molar-refractivity contribution in [3.8, 4) is 0 Å². The van der Waals surface area contributed by atoms with E-state index in [-0.39, 0.29) is 17.3 Å². The molecule has 0 radical (unpaired) electrons. The molecule has 6 nitrogen and oxygen atoms in total. The summed E-state index contributed by atoms with van der Waals surface area (Å²) in [5.74, 6) is -1.75. The van der Waals surface area contributed by atoms with E-state index in [4.69, 9.17) is 0 Å². The maximum Gasteiger partial charge on any atom is 0.272 e. The number of para-hydroxylation sites is 1. The molecule has 4 aromatic rings. The predicted molar refractivity (Wildman–Crippen MR) is 152 cm³/mol. The molecule has 9 heteroatoms. The van der Waals surface area contributed by atoms with Crippen LogP contribution in [0.2, 0.25) is 0 Å². The normalized spacial score (nSPS) is 11.9. The number of amides is 3. The lowest BCUT2D eigenvalue weighted by atomic mass is 10.2. The predicted octanol–water partition coefficient (Wildman–Crippen LogP) is 6.42. The van der Waals surface area contributed by atoms with E-state index in [1.807, 2.05) is 22.9 Å². The Morgan fingerprint density at radius 1 is 0.921 bits per heavy atom. The lowest BCUT2D eigenvalue weighted by Crippen LogP contribution is -2.30. The van der Waals surface area contributed by atoms with E-state index >= 15 is 0 Å². The van der Waals surface area contributed by atoms with Crippen LogP contribution in [0, 0.1) is 5.82 Å². The van der Waals surface area contributed by atoms with Crippen LogP contribution >= 0.6 is 23.1 Å². The summed E-state index contributed by atoms with van der Waals surface area (Å²) in [5, 5.41) is 11.3. The highest BCUT2D eigenvalue weighted by molar-refractivity contribution is 8.00. The van der Waals surface area contributed by atoms with Gasteiger partial charge in [-0.15, -0.1) is 11.8 Å². The Labute approximate surface area is 228 Å². The van der Waals surface area contributed by atoms with Crippen molar-refractivity contribution in [3.05, 3.63) is 118 Å². The first-order valence-corrected chi connectivity index (χ1v) is 13.4. The molecule has 1 unspecified atom stereocenters. The van der Waals surface area contributed by atoms with Crippen LogP contribution in [0.1, 0.15) is 22.8 Å². The zero-order valence-electron chi connectivity index (χ0n) is 20.3. The third-order valence-electron chi connectivity index (χ3n) is 5.29. The minimum absolute atomic E-state index is 0.0907. The van der Waals surface area contributed by atoms with Crippen molar-refractivity contribution < 1.29 is 18.8 Å². The van der Waals surface area contributed by atoms with Crippen LogP contribution in [0.5, 0.6) is 0 Å².